The number of amides is 1. The lowest BCUT2D eigenvalue weighted by Crippen LogP contribution is -2.41. The molecule has 0 spiro atoms. The highest BCUT2D eigenvalue weighted by Gasteiger charge is 2.20. The van der Waals surface area contributed by atoms with Gasteiger partial charge in [0.15, 0.2) is 0 Å². The lowest BCUT2D eigenvalue weighted by molar-refractivity contribution is -0.136. The Morgan fingerprint density at radius 3 is 2.50 bits per heavy atom. The molecule has 0 aliphatic rings. The molecule has 4 heteroatoms. The number of hydrogen-bond acceptors (Lipinski definition) is 3. The first-order valence-corrected chi connectivity index (χ1v) is 5.00. The van der Waals surface area contributed by atoms with Gasteiger partial charge in [-0.25, -0.2) is 0 Å². The summed E-state index contributed by atoms with van der Waals surface area (Å²) in [6, 6.07) is 0.118. The highest BCUT2D eigenvalue weighted by atomic mass is 16.5. The van der Waals surface area contributed by atoms with Crippen LogP contribution in [0, 0.1) is 5.92 Å². The average molecular weight is 202 g/mol. The van der Waals surface area contributed by atoms with Crippen molar-refractivity contribution in [1.29, 1.82) is 0 Å². The number of nitrogens with zero attached hydrogens (tertiary/aromatic N) is 1. The topological polar surface area (TPSA) is 55.6 Å². The van der Waals surface area contributed by atoms with Gasteiger partial charge in [0, 0.05) is 20.1 Å². The van der Waals surface area contributed by atoms with E-state index in [4.69, 9.17) is 10.5 Å². The summed E-state index contributed by atoms with van der Waals surface area (Å²) in [4.78, 5) is 13.5. The molecule has 0 aromatic rings. The zero-order valence-corrected chi connectivity index (χ0v) is 9.62. The van der Waals surface area contributed by atoms with Crippen molar-refractivity contribution in [3.63, 3.8) is 0 Å². The zero-order chi connectivity index (χ0) is 11.1. The van der Waals surface area contributed by atoms with Gasteiger partial charge in [0.05, 0.1) is 12.6 Å². The van der Waals surface area contributed by atoms with E-state index in [1.807, 2.05) is 13.8 Å². The number of hydrogen-bond donors (Lipinski definition) is 1. The first-order chi connectivity index (χ1) is 6.54. The molecule has 0 rings (SSSR count). The molecule has 0 saturated heterocycles. The molecule has 0 saturated carbocycles. The Hall–Kier alpha value is -0.610. The molecule has 0 aliphatic carbocycles. The standard InChI is InChI=1S/C10H22N2O2/c1-8(5-6-11)10(13)12(3)9(2)7-14-4/h8-9H,5-7,11H2,1-4H3. The summed E-state index contributed by atoms with van der Waals surface area (Å²) >= 11 is 0. The van der Waals surface area contributed by atoms with E-state index in [2.05, 4.69) is 0 Å². The van der Waals surface area contributed by atoms with Gasteiger partial charge in [0.25, 0.3) is 0 Å². The van der Waals surface area contributed by atoms with Crippen LogP contribution >= 0.6 is 0 Å². The maximum Gasteiger partial charge on any atom is 0.225 e. The first kappa shape index (κ1) is 13.4. The van der Waals surface area contributed by atoms with Crippen LogP contribution in [0.3, 0.4) is 0 Å². The van der Waals surface area contributed by atoms with E-state index < -0.39 is 0 Å². The van der Waals surface area contributed by atoms with Crippen LogP contribution in [0.25, 0.3) is 0 Å². The summed E-state index contributed by atoms with van der Waals surface area (Å²) in [5.74, 6) is 0.143. The van der Waals surface area contributed by atoms with Crippen LogP contribution in [0.5, 0.6) is 0 Å². The van der Waals surface area contributed by atoms with Gasteiger partial charge in [-0.05, 0) is 19.9 Å². The molecule has 84 valence electrons. The molecule has 2 N–H and O–H groups in total. The Balaban J connectivity index is 4.09. The van der Waals surface area contributed by atoms with Crippen LogP contribution < -0.4 is 5.73 Å². The van der Waals surface area contributed by atoms with Crippen molar-refractivity contribution in [3.8, 4) is 0 Å². The van der Waals surface area contributed by atoms with Crippen LogP contribution in [0.4, 0.5) is 0 Å². The summed E-state index contributed by atoms with van der Waals surface area (Å²) < 4.78 is 5.00. The van der Waals surface area contributed by atoms with Gasteiger partial charge in [0.2, 0.25) is 5.91 Å². The third-order valence-electron chi connectivity index (χ3n) is 2.44. The van der Waals surface area contributed by atoms with E-state index >= 15 is 0 Å². The number of ether oxygens (including phenoxy) is 1. The minimum Gasteiger partial charge on any atom is -0.383 e. The molecule has 0 aliphatic heterocycles. The van der Waals surface area contributed by atoms with Crippen LogP contribution in [0.1, 0.15) is 20.3 Å². The molecule has 1 amide bonds. The summed E-state index contributed by atoms with van der Waals surface area (Å²) in [6.07, 6.45) is 0.739. The summed E-state index contributed by atoms with van der Waals surface area (Å²) in [7, 11) is 3.44. The fraction of sp³-hybridized carbons (Fsp3) is 0.900. The lowest BCUT2D eigenvalue weighted by atomic mass is 10.1. The van der Waals surface area contributed by atoms with Crippen LogP contribution in [0.2, 0.25) is 0 Å². The zero-order valence-electron chi connectivity index (χ0n) is 9.62. The van der Waals surface area contributed by atoms with E-state index in [9.17, 15) is 4.79 Å². The normalized spacial score (nSPS) is 14.9. The molecule has 4 nitrogen and oxygen atoms in total. The third kappa shape index (κ3) is 4.07. The SMILES string of the molecule is COCC(C)N(C)C(=O)C(C)CCN. The van der Waals surface area contributed by atoms with Gasteiger partial charge in [-0.3, -0.25) is 4.79 Å². The number of carbonyl (C=O) groups excluding carboxylic acids is 1. The number of likely N-dealkylation sites (N-methyl/N-ethyl adjacent to an activating group) is 1. The highest BCUT2D eigenvalue weighted by molar-refractivity contribution is 5.78. The van der Waals surface area contributed by atoms with Crippen molar-refractivity contribution in [2.45, 2.75) is 26.3 Å². The number of nitrogens with two attached hydrogens (primary N) is 1. The minimum absolute atomic E-state index is 0.00399. The van der Waals surface area contributed by atoms with E-state index in [0.717, 1.165) is 6.42 Å². The average Bonchev–Trinajstić information content (AvgIpc) is 2.16. The summed E-state index contributed by atoms with van der Waals surface area (Å²) in [6.45, 7) is 5.00. The Labute approximate surface area is 86.4 Å². The summed E-state index contributed by atoms with van der Waals surface area (Å²) in [5.41, 5.74) is 5.41. The van der Waals surface area contributed by atoms with Gasteiger partial charge in [-0.2, -0.15) is 0 Å². The molecule has 0 heterocycles. The minimum atomic E-state index is 0.00399. The third-order valence-corrected chi connectivity index (χ3v) is 2.44. The van der Waals surface area contributed by atoms with Crippen molar-refractivity contribution < 1.29 is 9.53 Å². The highest BCUT2D eigenvalue weighted by Crippen LogP contribution is 2.07. The van der Waals surface area contributed by atoms with Gasteiger partial charge in [-0.1, -0.05) is 6.92 Å². The molecule has 0 fully saturated rings. The maximum absolute atomic E-state index is 11.8. The Bertz CT molecular complexity index is 174. The maximum atomic E-state index is 11.8. The van der Waals surface area contributed by atoms with Crippen LogP contribution in [-0.4, -0.2) is 44.2 Å². The van der Waals surface area contributed by atoms with E-state index in [-0.39, 0.29) is 17.9 Å². The molecular formula is C10H22N2O2. The van der Waals surface area contributed by atoms with Crippen LogP contribution in [-0.2, 0) is 9.53 Å². The van der Waals surface area contributed by atoms with Crippen molar-refractivity contribution in [2.24, 2.45) is 11.7 Å². The summed E-state index contributed by atoms with van der Waals surface area (Å²) in [5, 5.41) is 0. The van der Waals surface area contributed by atoms with Crippen molar-refractivity contribution in [3.05, 3.63) is 0 Å². The molecule has 0 bridgehead atoms. The smallest absolute Gasteiger partial charge is 0.225 e. The van der Waals surface area contributed by atoms with Gasteiger partial charge < -0.3 is 15.4 Å². The lowest BCUT2D eigenvalue weighted by Gasteiger charge is -2.27. The predicted octanol–water partition coefficient (Wildman–Crippen LogP) is 0.465. The first-order valence-electron chi connectivity index (χ1n) is 5.00. The van der Waals surface area contributed by atoms with Gasteiger partial charge in [0.1, 0.15) is 0 Å². The number of rotatable bonds is 6. The van der Waals surface area contributed by atoms with E-state index in [0.29, 0.717) is 13.2 Å². The monoisotopic (exact) mass is 202 g/mol. The van der Waals surface area contributed by atoms with E-state index in [1.54, 1.807) is 19.1 Å². The predicted molar refractivity (Wildman–Crippen MR) is 56.9 cm³/mol. The number of methoxy groups -OCH3 is 1. The van der Waals surface area contributed by atoms with Crippen LogP contribution in [0.15, 0.2) is 0 Å². The second-order valence-corrected chi connectivity index (χ2v) is 3.73. The fourth-order valence-electron chi connectivity index (χ4n) is 1.29. The van der Waals surface area contributed by atoms with Crippen molar-refractivity contribution >= 4 is 5.91 Å². The molecule has 14 heavy (non-hydrogen) atoms. The second kappa shape index (κ2) is 6.79. The van der Waals surface area contributed by atoms with Crippen molar-refractivity contribution in [2.75, 3.05) is 27.3 Å². The Morgan fingerprint density at radius 2 is 2.07 bits per heavy atom. The molecule has 0 aromatic heterocycles. The Kier molecular flexibility index (Phi) is 6.49. The largest absolute Gasteiger partial charge is 0.383 e. The number of carbonyl (C=O) groups is 1. The molecule has 0 aromatic carbocycles. The van der Waals surface area contributed by atoms with Gasteiger partial charge >= 0.3 is 0 Å². The molecular weight excluding hydrogens is 180 g/mol. The van der Waals surface area contributed by atoms with Crippen molar-refractivity contribution in [1.82, 2.24) is 4.90 Å². The van der Waals surface area contributed by atoms with Gasteiger partial charge in [-0.15, -0.1) is 0 Å². The molecule has 0 radical (unpaired) electrons. The second-order valence-electron chi connectivity index (χ2n) is 3.73. The molecule has 2 atom stereocenters. The fourth-order valence-corrected chi connectivity index (χ4v) is 1.29. The Morgan fingerprint density at radius 1 is 1.50 bits per heavy atom. The quantitative estimate of drug-likeness (QED) is 0.681. The van der Waals surface area contributed by atoms with E-state index in [1.165, 1.54) is 0 Å². The molecule has 2 unspecified atom stereocenters.